The lowest BCUT2D eigenvalue weighted by Gasteiger charge is -2.42. The van der Waals surface area contributed by atoms with Gasteiger partial charge < -0.3 is 24.1 Å². The first-order chi connectivity index (χ1) is 16.9. The lowest BCUT2D eigenvalue weighted by atomic mass is 9.98. The first kappa shape index (κ1) is 24.1. The number of rotatable bonds is 6. The Hall–Kier alpha value is -4.01. The van der Waals surface area contributed by atoms with Crippen molar-refractivity contribution in [2.24, 2.45) is 0 Å². The normalized spacial score (nSPS) is 23.7. The lowest BCUT2D eigenvalue weighted by Crippen LogP contribution is -2.60. The maximum atomic E-state index is 12.9. The molecule has 0 radical (unpaired) electrons. The van der Waals surface area contributed by atoms with E-state index in [4.69, 9.17) is 18.9 Å². The molecule has 8 nitrogen and oxygen atoms in total. The minimum absolute atomic E-state index is 0.226. The molecule has 180 valence electrons. The monoisotopic (exact) mass is 476 g/mol. The maximum Gasteiger partial charge on any atom is 0.338 e. The van der Waals surface area contributed by atoms with Gasteiger partial charge in [0.05, 0.1) is 22.8 Å². The van der Waals surface area contributed by atoms with E-state index in [-0.39, 0.29) is 16.7 Å². The molecule has 0 saturated carbocycles. The Labute approximate surface area is 202 Å². The first-order valence-corrected chi connectivity index (χ1v) is 11.1. The van der Waals surface area contributed by atoms with Crippen LogP contribution in [0.3, 0.4) is 0 Å². The summed E-state index contributed by atoms with van der Waals surface area (Å²) in [5.74, 6) is -2.18. The number of aliphatic hydroxyl groups excluding tert-OH is 1. The molecule has 3 aromatic rings. The molecule has 0 aromatic heterocycles. The van der Waals surface area contributed by atoms with E-state index in [9.17, 15) is 19.5 Å². The van der Waals surface area contributed by atoms with E-state index in [1.165, 1.54) is 0 Å². The third-order valence-corrected chi connectivity index (χ3v) is 5.50. The van der Waals surface area contributed by atoms with Gasteiger partial charge in [-0.2, -0.15) is 0 Å². The van der Waals surface area contributed by atoms with Crippen LogP contribution in [0.25, 0.3) is 0 Å². The molecule has 35 heavy (non-hydrogen) atoms. The molecule has 1 saturated heterocycles. The highest BCUT2D eigenvalue weighted by Gasteiger charge is 2.50. The van der Waals surface area contributed by atoms with Gasteiger partial charge in [0.1, 0.15) is 0 Å². The summed E-state index contributed by atoms with van der Waals surface area (Å²) in [5.41, 5.74) is 0.739. The van der Waals surface area contributed by atoms with Crippen LogP contribution in [0, 0.1) is 0 Å². The molecule has 5 atom stereocenters. The van der Waals surface area contributed by atoms with Gasteiger partial charge in [-0.3, -0.25) is 0 Å². The second kappa shape index (κ2) is 10.9. The first-order valence-electron chi connectivity index (χ1n) is 11.1. The van der Waals surface area contributed by atoms with Crippen LogP contribution in [0.1, 0.15) is 38.0 Å². The van der Waals surface area contributed by atoms with Crippen molar-refractivity contribution < 1.29 is 38.4 Å². The van der Waals surface area contributed by atoms with Gasteiger partial charge in [-0.15, -0.1) is 0 Å². The highest BCUT2D eigenvalue weighted by atomic mass is 16.7. The zero-order chi connectivity index (χ0) is 24.8. The Kier molecular flexibility index (Phi) is 7.54. The minimum atomic E-state index is -1.63. The molecule has 1 N–H and O–H groups in total. The molecular weight excluding hydrogens is 452 g/mol. The molecule has 0 amide bonds. The van der Waals surface area contributed by atoms with Crippen LogP contribution in [-0.4, -0.2) is 53.7 Å². The summed E-state index contributed by atoms with van der Waals surface area (Å²) in [6, 6.07) is 24.6. The van der Waals surface area contributed by atoms with Crippen LogP contribution in [0.4, 0.5) is 0 Å². The quantitative estimate of drug-likeness (QED) is 0.426. The molecular formula is C27H24O8. The van der Waals surface area contributed by atoms with Crippen molar-refractivity contribution in [3.05, 3.63) is 108 Å². The lowest BCUT2D eigenvalue weighted by molar-refractivity contribution is -0.275. The van der Waals surface area contributed by atoms with E-state index < -0.39 is 48.6 Å². The molecule has 3 aromatic carbocycles. The Morgan fingerprint density at radius 2 is 0.943 bits per heavy atom. The van der Waals surface area contributed by atoms with E-state index >= 15 is 0 Å². The average Bonchev–Trinajstić information content (AvgIpc) is 2.89. The Bertz CT molecular complexity index is 1080. The molecule has 4 rings (SSSR count). The second-order valence-corrected chi connectivity index (χ2v) is 7.94. The SMILES string of the molecule is CC1O[C@H](O)C(OC(=O)c2ccccc2)[C@@H](OC(=O)c2ccccc2)[C@@H]1OC(=O)c1ccccc1. The van der Waals surface area contributed by atoms with Gasteiger partial charge in [-0.05, 0) is 43.3 Å². The molecule has 1 aliphatic heterocycles. The van der Waals surface area contributed by atoms with Crippen molar-refractivity contribution in [1.82, 2.24) is 0 Å². The van der Waals surface area contributed by atoms with E-state index in [1.54, 1.807) is 97.9 Å². The van der Waals surface area contributed by atoms with Crippen molar-refractivity contribution in [3.8, 4) is 0 Å². The number of carbonyl (C=O) groups excluding carboxylic acids is 3. The second-order valence-electron chi connectivity index (χ2n) is 7.94. The van der Waals surface area contributed by atoms with E-state index in [0.717, 1.165) is 0 Å². The fourth-order valence-corrected chi connectivity index (χ4v) is 3.71. The molecule has 2 unspecified atom stereocenters. The molecule has 0 spiro atoms. The third-order valence-electron chi connectivity index (χ3n) is 5.50. The number of hydrogen-bond acceptors (Lipinski definition) is 8. The predicted molar refractivity (Wildman–Crippen MR) is 123 cm³/mol. The number of aliphatic hydroxyl groups is 1. The summed E-state index contributed by atoms with van der Waals surface area (Å²) >= 11 is 0. The fraction of sp³-hybridized carbons (Fsp3) is 0.222. The highest BCUT2D eigenvalue weighted by molar-refractivity contribution is 5.91. The highest BCUT2D eigenvalue weighted by Crippen LogP contribution is 2.29. The number of ether oxygens (including phenoxy) is 4. The zero-order valence-corrected chi connectivity index (χ0v) is 18.9. The van der Waals surface area contributed by atoms with Crippen LogP contribution in [0.2, 0.25) is 0 Å². The number of esters is 3. The Morgan fingerprint density at radius 3 is 1.34 bits per heavy atom. The van der Waals surface area contributed by atoms with Crippen LogP contribution < -0.4 is 0 Å². The Balaban J connectivity index is 1.63. The zero-order valence-electron chi connectivity index (χ0n) is 18.9. The van der Waals surface area contributed by atoms with Crippen molar-refractivity contribution in [2.45, 2.75) is 37.6 Å². The molecule has 8 heteroatoms. The van der Waals surface area contributed by atoms with E-state index in [1.807, 2.05) is 0 Å². The van der Waals surface area contributed by atoms with Crippen molar-refractivity contribution in [1.29, 1.82) is 0 Å². The van der Waals surface area contributed by atoms with Crippen molar-refractivity contribution in [2.75, 3.05) is 0 Å². The minimum Gasteiger partial charge on any atom is -0.452 e. The van der Waals surface area contributed by atoms with E-state index in [2.05, 4.69) is 0 Å². The maximum absolute atomic E-state index is 12.9. The van der Waals surface area contributed by atoms with Gasteiger partial charge in [-0.1, -0.05) is 54.6 Å². The van der Waals surface area contributed by atoms with Gasteiger partial charge in [0.15, 0.2) is 24.6 Å². The predicted octanol–water partition coefficient (Wildman–Crippen LogP) is 3.40. The van der Waals surface area contributed by atoms with Gasteiger partial charge >= 0.3 is 17.9 Å². The summed E-state index contributed by atoms with van der Waals surface area (Å²) in [6.07, 6.45) is -6.48. The summed E-state index contributed by atoms with van der Waals surface area (Å²) < 4.78 is 22.4. The Morgan fingerprint density at radius 1 is 0.600 bits per heavy atom. The van der Waals surface area contributed by atoms with E-state index in [0.29, 0.717) is 0 Å². The molecule has 0 bridgehead atoms. The molecule has 1 fully saturated rings. The van der Waals surface area contributed by atoms with Crippen molar-refractivity contribution in [3.63, 3.8) is 0 Å². The number of hydrogen-bond donors (Lipinski definition) is 1. The number of carbonyl (C=O) groups is 3. The molecule has 1 heterocycles. The summed E-state index contributed by atoms with van der Waals surface area (Å²) in [6.45, 7) is 1.56. The van der Waals surface area contributed by atoms with Gasteiger partial charge in [0.2, 0.25) is 0 Å². The van der Waals surface area contributed by atoms with Crippen molar-refractivity contribution >= 4 is 17.9 Å². The molecule has 1 aliphatic rings. The summed E-state index contributed by atoms with van der Waals surface area (Å²) in [5, 5.41) is 10.6. The summed E-state index contributed by atoms with van der Waals surface area (Å²) in [4.78, 5) is 38.5. The van der Waals surface area contributed by atoms with Gasteiger partial charge in [0.25, 0.3) is 0 Å². The smallest absolute Gasteiger partial charge is 0.338 e. The average molecular weight is 476 g/mol. The van der Waals surface area contributed by atoms with Crippen LogP contribution in [0.15, 0.2) is 91.0 Å². The standard InChI is InChI=1S/C27H24O8/c1-17-21(33-24(28)18-11-5-2-6-12-18)22(34-25(29)19-13-7-3-8-14-19)23(27(31)32-17)35-26(30)20-15-9-4-10-16-20/h2-17,21-23,27,31H,1H3/t17?,21-,22+,23?,27+/m1/s1. The largest absolute Gasteiger partial charge is 0.452 e. The summed E-state index contributed by atoms with van der Waals surface area (Å²) in [7, 11) is 0. The van der Waals surface area contributed by atoms with Gasteiger partial charge in [0, 0.05) is 0 Å². The van der Waals surface area contributed by atoms with Crippen LogP contribution in [0.5, 0.6) is 0 Å². The van der Waals surface area contributed by atoms with Crippen LogP contribution in [-0.2, 0) is 18.9 Å². The third kappa shape index (κ3) is 5.74. The number of benzene rings is 3. The topological polar surface area (TPSA) is 108 Å². The molecule has 0 aliphatic carbocycles. The van der Waals surface area contributed by atoms with Gasteiger partial charge in [-0.25, -0.2) is 14.4 Å². The van der Waals surface area contributed by atoms with Crippen LogP contribution >= 0.6 is 0 Å². The fourth-order valence-electron chi connectivity index (χ4n) is 3.71.